The Labute approximate surface area is 164 Å². The van der Waals surface area contributed by atoms with Gasteiger partial charge in [-0.05, 0) is 32.3 Å². The fourth-order valence-corrected chi connectivity index (χ4v) is 5.19. The summed E-state index contributed by atoms with van der Waals surface area (Å²) in [7, 11) is 0. The summed E-state index contributed by atoms with van der Waals surface area (Å²) in [5.74, 6) is -0.410. The Morgan fingerprint density at radius 3 is 2.70 bits per heavy atom. The van der Waals surface area contributed by atoms with E-state index in [1.165, 1.54) is 0 Å². The van der Waals surface area contributed by atoms with Gasteiger partial charge in [-0.1, -0.05) is 37.3 Å². The number of carbonyl (C=O) groups excluding carboxylic acids is 3. The summed E-state index contributed by atoms with van der Waals surface area (Å²) >= 11 is 1.61. The zero-order valence-electron chi connectivity index (χ0n) is 16.0. The normalized spacial score (nSPS) is 24.6. The number of nitrogens with one attached hydrogen (secondary N) is 1. The fraction of sp³-hybridized carbons (Fsp3) is 0.550. The molecule has 0 radical (unpaired) electrons. The number of esters is 1. The smallest absolute Gasteiger partial charge is 0.330 e. The number of carbonyl (C=O) groups is 3. The molecular formula is C20H26N2O4S. The average Bonchev–Trinajstić information content (AvgIpc) is 3.20. The van der Waals surface area contributed by atoms with Crippen LogP contribution in [0.15, 0.2) is 30.3 Å². The Bertz CT molecular complexity index is 737. The van der Waals surface area contributed by atoms with Gasteiger partial charge in [0.05, 0.1) is 0 Å². The lowest BCUT2D eigenvalue weighted by molar-refractivity contribution is -0.156. The van der Waals surface area contributed by atoms with Crippen LogP contribution in [0, 0.1) is 0 Å². The van der Waals surface area contributed by atoms with Crippen molar-refractivity contribution in [3.63, 3.8) is 0 Å². The molecule has 0 aliphatic carbocycles. The van der Waals surface area contributed by atoms with Crippen LogP contribution < -0.4 is 5.32 Å². The third kappa shape index (κ3) is 3.83. The average molecular weight is 391 g/mol. The molecule has 2 amide bonds. The molecule has 2 aliphatic heterocycles. The Balaban J connectivity index is 1.68. The molecule has 2 heterocycles. The molecule has 2 aliphatic rings. The number of ether oxygens (including phenoxy) is 1. The minimum atomic E-state index is -0.655. The van der Waals surface area contributed by atoms with Gasteiger partial charge in [-0.2, -0.15) is 0 Å². The van der Waals surface area contributed by atoms with E-state index in [1.54, 1.807) is 16.7 Å². The lowest BCUT2D eigenvalue weighted by Crippen LogP contribution is -2.48. The molecule has 2 fully saturated rings. The second kappa shape index (κ2) is 7.54. The van der Waals surface area contributed by atoms with Gasteiger partial charge in [0.25, 0.3) is 5.91 Å². The molecule has 0 unspecified atom stereocenters. The van der Waals surface area contributed by atoms with E-state index in [-0.39, 0.29) is 24.0 Å². The molecule has 0 saturated carbocycles. The maximum Gasteiger partial charge on any atom is 0.330 e. The van der Waals surface area contributed by atoms with E-state index in [4.69, 9.17) is 4.74 Å². The lowest BCUT2D eigenvalue weighted by Gasteiger charge is -2.33. The SMILES string of the molecule is CCC(C)(C)NC(=O)COC(=O)[C@@H]1CS[C@@]2(c3ccccc3)CCC(=O)N12. The highest BCUT2D eigenvalue weighted by atomic mass is 32.2. The number of hydrogen-bond donors (Lipinski definition) is 1. The van der Waals surface area contributed by atoms with Gasteiger partial charge < -0.3 is 15.0 Å². The first-order valence-corrected chi connectivity index (χ1v) is 10.3. The van der Waals surface area contributed by atoms with Crippen molar-refractivity contribution in [1.82, 2.24) is 10.2 Å². The summed E-state index contributed by atoms with van der Waals surface area (Å²) in [5, 5.41) is 2.84. The fourth-order valence-electron chi connectivity index (χ4n) is 3.55. The molecule has 3 rings (SSSR count). The Hall–Kier alpha value is -2.02. The van der Waals surface area contributed by atoms with Crippen LogP contribution in [0.5, 0.6) is 0 Å². The number of fused-ring (bicyclic) bond motifs is 1. The number of benzene rings is 1. The summed E-state index contributed by atoms with van der Waals surface area (Å²) in [6, 6.07) is 9.15. The predicted molar refractivity (Wildman–Crippen MR) is 104 cm³/mol. The van der Waals surface area contributed by atoms with Gasteiger partial charge >= 0.3 is 5.97 Å². The monoisotopic (exact) mass is 390 g/mol. The van der Waals surface area contributed by atoms with Crippen LogP contribution in [0.4, 0.5) is 0 Å². The second-order valence-corrected chi connectivity index (χ2v) is 8.93. The molecule has 0 aromatic heterocycles. The zero-order valence-corrected chi connectivity index (χ0v) is 16.8. The third-order valence-electron chi connectivity index (χ3n) is 5.33. The third-order valence-corrected chi connectivity index (χ3v) is 6.93. The molecule has 146 valence electrons. The van der Waals surface area contributed by atoms with Crippen LogP contribution in [0.1, 0.15) is 45.6 Å². The molecule has 6 nitrogen and oxygen atoms in total. The summed E-state index contributed by atoms with van der Waals surface area (Å²) in [4.78, 5) is 38.4. The maximum absolute atomic E-state index is 12.6. The van der Waals surface area contributed by atoms with E-state index in [1.807, 2.05) is 51.1 Å². The van der Waals surface area contributed by atoms with E-state index in [9.17, 15) is 14.4 Å². The molecule has 0 spiro atoms. The van der Waals surface area contributed by atoms with Crippen molar-refractivity contribution in [3.8, 4) is 0 Å². The lowest BCUT2D eigenvalue weighted by atomic mass is 10.0. The summed E-state index contributed by atoms with van der Waals surface area (Å²) in [5.41, 5.74) is 0.679. The number of rotatable bonds is 6. The van der Waals surface area contributed by atoms with Crippen LogP contribution >= 0.6 is 11.8 Å². The van der Waals surface area contributed by atoms with Gasteiger partial charge in [0.1, 0.15) is 10.9 Å². The van der Waals surface area contributed by atoms with Crippen molar-refractivity contribution in [1.29, 1.82) is 0 Å². The van der Waals surface area contributed by atoms with Gasteiger partial charge in [-0.25, -0.2) is 4.79 Å². The van der Waals surface area contributed by atoms with Crippen LogP contribution in [-0.2, 0) is 24.0 Å². The first kappa shape index (κ1) is 19.7. The van der Waals surface area contributed by atoms with Crippen molar-refractivity contribution in [2.75, 3.05) is 12.4 Å². The van der Waals surface area contributed by atoms with Gasteiger partial charge in [0.15, 0.2) is 6.61 Å². The molecule has 1 aromatic rings. The molecule has 1 aromatic carbocycles. The van der Waals surface area contributed by atoms with Crippen molar-refractivity contribution in [3.05, 3.63) is 35.9 Å². The van der Waals surface area contributed by atoms with E-state index < -0.39 is 16.9 Å². The second-order valence-electron chi connectivity index (χ2n) is 7.63. The first-order valence-electron chi connectivity index (χ1n) is 9.28. The van der Waals surface area contributed by atoms with Gasteiger partial charge in [0.2, 0.25) is 5.91 Å². The van der Waals surface area contributed by atoms with Crippen LogP contribution in [0.2, 0.25) is 0 Å². The van der Waals surface area contributed by atoms with Crippen molar-refractivity contribution >= 4 is 29.5 Å². The number of nitrogens with zero attached hydrogens (tertiary/aromatic N) is 1. The van der Waals surface area contributed by atoms with Crippen LogP contribution in [0.3, 0.4) is 0 Å². The number of hydrogen-bond acceptors (Lipinski definition) is 5. The molecule has 7 heteroatoms. The summed E-state index contributed by atoms with van der Waals surface area (Å²) in [6.45, 7) is 5.48. The Morgan fingerprint density at radius 2 is 2.04 bits per heavy atom. The highest BCUT2D eigenvalue weighted by Crippen LogP contribution is 2.54. The number of thioether (sulfide) groups is 1. The van der Waals surface area contributed by atoms with E-state index >= 15 is 0 Å². The topological polar surface area (TPSA) is 75.7 Å². The Morgan fingerprint density at radius 1 is 1.33 bits per heavy atom. The maximum atomic E-state index is 12.6. The highest BCUT2D eigenvalue weighted by molar-refractivity contribution is 8.00. The van der Waals surface area contributed by atoms with E-state index in [0.717, 1.165) is 12.0 Å². The standard InChI is InChI=1S/C20H26N2O4S/c1-4-19(2,3)21-16(23)12-26-18(25)15-13-27-20(11-10-17(24)22(15)20)14-8-6-5-7-9-14/h5-9,15H,4,10-13H2,1-3H3,(H,21,23)/t15-,20+/m0/s1. The quantitative estimate of drug-likeness (QED) is 0.755. The van der Waals surface area contributed by atoms with Gasteiger partial charge in [-0.15, -0.1) is 11.8 Å². The van der Waals surface area contributed by atoms with Crippen molar-refractivity contribution in [2.45, 2.75) is 56.5 Å². The minimum absolute atomic E-state index is 0.0395. The van der Waals surface area contributed by atoms with Crippen LogP contribution in [0.25, 0.3) is 0 Å². The van der Waals surface area contributed by atoms with Gasteiger partial charge in [-0.3, -0.25) is 9.59 Å². The van der Waals surface area contributed by atoms with Crippen molar-refractivity contribution in [2.24, 2.45) is 0 Å². The Kier molecular flexibility index (Phi) is 5.51. The molecule has 1 N–H and O–H groups in total. The highest BCUT2D eigenvalue weighted by Gasteiger charge is 2.57. The van der Waals surface area contributed by atoms with Crippen LogP contribution in [-0.4, -0.2) is 46.6 Å². The number of amides is 2. The van der Waals surface area contributed by atoms with E-state index in [2.05, 4.69) is 5.32 Å². The molecule has 27 heavy (non-hydrogen) atoms. The molecular weight excluding hydrogens is 364 g/mol. The van der Waals surface area contributed by atoms with Gasteiger partial charge in [0, 0.05) is 17.7 Å². The van der Waals surface area contributed by atoms with E-state index in [0.29, 0.717) is 18.6 Å². The molecule has 2 atom stereocenters. The zero-order chi connectivity index (χ0) is 19.7. The summed E-state index contributed by atoms with van der Waals surface area (Å²) in [6.07, 6.45) is 1.86. The van der Waals surface area contributed by atoms with Crippen molar-refractivity contribution < 1.29 is 19.1 Å². The summed E-state index contributed by atoms with van der Waals surface area (Å²) < 4.78 is 5.26. The largest absolute Gasteiger partial charge is 0.454 e. The molecule has 2 saturated heterocycles. The predicted octanol–water partition coefficient (Wildman–Crippen LogP) is 2.43. The first-order chi connectivity index (χ1) is 12.8. The minimum Gasteiger partial charge on any atom is -0.454 e. The molecule has 0 bridgehead atoms.